The molecule has 2 heterocycles. The van der Waals surface area contributed by atoms with E-state index in [0.29, 0.717) is 6.54 Å². The van der Waals surface area contributed by atoms with Crippen LogP contribution in [0.3, 0.4) is 0 Å². The fraction of sp³-hybridized carbons (Fsp3) is 0.381. The molecule has 0 amide bonds. The Balaban J connectivity index is 1.26. The average molecular weight is 380 g/mol. The molecule has 28 heavy (non-hydrogen) atoms. The number of nitrogens with one attached hydrogen (secondary N) is 2. The lowest BCUT2D eigenvalue weighted by Gasteiger charge is -2.19. The van der Waals surface area contributed by atoms with E-state index in [-0.39, 0.29) is 11.2 Å². The molecule has 1 aliphatic rings. The minimum atomic E-state index is -0.120. The molecular formula is C21H25FN6. The number of aliphatic imine (C=N–C) groups is 1. The smallest absolute Gasteiger partial charge is 0.191 e. The fourth-order valence-corrected chi connectivity index (χ4v) is 3.57. The number of halogens is 1. The number of guanidine groups is 1. The first-order chi connectivity index (χ1) is 13.7. The molecule has 1 saturated carbocycles. The van der Waals surface area contributed by atoms with Crippen LogP contribution in [0.5, 0.6) is 0 Å². The summed E-state index contributed by atoms with van der Waals surface area (Å²) in [5, 5.41) is 15.1. The lowest BCUT2D eigenvalue weighted by atomic mass is 9.95. The average Bonchev–Trinajstić information content (AvgIpc) is 3.40. The van der Waals surface area contributed by atoms with Crippen LogP contribution in [0, 0.1) is 5.82 Å². The van der Waals surface area contributed by atoms with Crippen molar-refractivity contribution in [3.8, 4) is 0 Å². The molecule has 0 saturated heterocycles. The number of hydrogen-bond acceptors (Lipinski definition) is 3. The van der Waals surface area contributed by atoms with E-state index in [2.05, 4.69) is 25.8 Å². The van der Waals surface area contributed by atoms with Gasteiger partial charge >= 0.3 is 0 Å². The Bertz CT molecular complexity index is 976. The highest BCUT2D eigenvalue weighted by molar-refractivity contribution is 5.79. The van der Waals surface area contributed by atoms with E-state index in [1.807, 2.05) is 40.9 Å². The van der Waals surface area contributed by atoms with Gasteiger partial charge in [-0.05, 0) is 43.0 Å². The number of aryl methyl sites for hydroxylation is 1. The Hall–Kier alpha value is -2.96. The van der Waals surface area contributed by atoms with Crippen LogP contribution in [0.25, 0.3) is 5.65 Å². The van der Waals surface area contributed by atoms with E-state index in [1.54, 1.807) is 13.1 Å². The van der Waals surface area contributed by atoms with Crippen LogP contribution >= 0.6 is 0 Å². The maximum Gasteiger partial charge on any atom is 0.191 e. The van der Waals surface area contributed by atoms with Crippen molar-refractivity contribution in [2.24, 2.45) is 4.99 Å². The van der Waals surface area contributed by atoms with Crippen LogP contribution in [0.1, 0.15) is 30.7 Å². The van der Waals surface area contributed by atoms with Crippen molar-refractivity contribution in [2.75, 3.05) is 20.1 Å². The van der Waals surface area contributed by atoms with Gasteiger partial charge in [0, 0.05) is 38.2 Å². The first kappa shape index (κ1) is 18.4. The third-order valence-electron chi connectivity index (χ3n) is 5.37. The summed E-state index contributed by atoms with van der Waals surface area (Å²) in [4.78, 5) is 4.29. The van der Waals surface area contributed by atoms with Gasteiger partial charge in [0.1, 0.15) is 11.6 Å². The molecule has 0 spiro atoms. The summed E-state index contributed by atoms with van der Waals surface area (Å²) in [6, 6.07) is 13.0. The Labute approximate surface area is 163 Å². The van der Waals surface area contributed by atoms with E-state index < -0.39 is 0 Å². The van der Waals surface area contributed by atoms with Gasteiger partial charge in [-0.2, -0.15) is 0 Å². The lowest BCUT2D eigenvalue weighted by Crippen LogP contribution is -2.41. The van der Waals surface area contributed by atoms with Gasteiger partial charge in [-0.3, -0.25) is 9.39 Å². The highest BCUT2D eigenvalue weighted by Crippen LogP contribution is 2.48. The minimum absolute atomic E-state index is 0.108. The predicted molar refractivity (Wildman–Crippen MR) is 108 cm³/mol. The van der Waals surface area contributed by atoms with E-state index in [4.69, 9.17) is 0 Å². The number of rotatable bonds is 7. The molecule has 7 heteroatoms. The lowest BCUT2D eigenvalue weighted by molar-refractivity contribution is 0.559. The molecule has 1 aliphatic carbocycles. The SMILES string of the molecule is CN=C(NCCCc1nnc2ccccn12)NCC1(c2ccccc2F)CC1. The number of fused-ring (bicyclic) bond motifs is 1. The second-order valence-corrected chi connectivity index (χ2v) is 7.26. The number of nitrogens with zero attached hydrogens (tertiary/aromatic N) is 4. The summed E-state index contributed by atoms with van der Waals surface area (Å²) < 4.78 is 16.2. The van der Waals surface area contributed by atoms with Crippen molar-refractivity contribution in [2.45, 2.75) is 31.1 Å². The zero-order valence-electron chi connectivity index (χ0n) is 16.0. The molecule has 2 aromatic heterocycles. The summed E-state index contributed by atoms with van der Waals surface area (Å²) >= 11 is 0. The van der Waals surface area contributed by atoms with Gasteiger partial charge in [-0.1, -0.05) is 24.3 Å². The molecule has 0 radical (unpaired) electrons. The fourth-order valence-electron chi connectivity index (χ4n) is 3.57. The summed E-state index contributed by atoms with van der Waals surface area (Å²) in [6.07, 6.45) is 5.72. The van der Waals surface area contributed by atoms with Crippen molar-refractivity contribution < 1.29 is 4.39 Å². The van der Waals surface area contributed by atoms with Gasteiger partial charge in [0.05, 0.1) is 0 Å². The van der Waals surface area contributed by atoms with Crippen LogP contribution in [0.2, 0.25) is 0 Å². The Morgan fingerprint density at radius 2 is 1.96 bits per heavy atom. The van der Waals surface area contributed by atoms with Gasteiger partial charge in [0.25, 0.3) is 0 Å². The molecule has 1 fully saturated rings. The minimum Gasteiger partial charge on any atom is -0.356 e. The van der Waals surface area contributed by atoms with Crippen LogP contribution in [-0.4, -0.2) is 40.7 Å². The summed E-state index contributed by atoms with van der Waals surface area (Å²) in [5.41, 5.74) is 1.56. The number of pyridine rings is 1. The number of benzene rings is 1. The molecule has 3 aromatic rings. The van der Waals surface area contributed by atoms with E-state index in [9.17, 15) is 4.39 Å². The summed E-state index contributed by atoms with van der Waals surface area (Å²) in [7, 11) is 1.75. The first-order valence-electron chi connectivity index (χ1n) is 9.70. The summed E-state index contributed by atoms with van der Waals surface area (Å²) in [5.74, 6) is 1.58. The third kappa shape index (κ3) is 3.83. The van der Waals surface area contributed by atoms with Gasteiger partial charge in [0.15, 0.2) is 11.6 Å². The second kappa shape index (κ2) is 7.96. The predicted octanol–water partition coefficient (Wildman–Crippen LogP) is 2.70. The Morgan fingerprint density at radius 3 is 2.75 bits per heavy atom. The standard InChI is InChI=1S/C21H25FN6/c1-23-20(25-15-21(11-12-21)16-7-2-3-8-17(16)22)24-13-6-10-19-27-26-18-9-4-5-14-28(18)19/h2-5,7-9,14H,6,10-13,15H2,1H3,(H2,23,24,25). The largest absolute Gasteiger partial charge is 0.356 e. The quantitative estimate of drug-likeness (QED) is 0.376. The van der Waals surface area contributed by atoms with Gasteiger partial charge < -0.3 is 10.6 Å². The molecule has 0 unspecified atom stereocenters. The molecular weight excluding hydrogens is 355 g/mol. The van der Waals surface area contributed by atoms with Gasteiger partial charge in [0.2, 0.25) is 0 Å². The van der Waals surface area contributed by atoms with Crippen LogP contribution in [0.4, 0.5) is 4.39 Å². The van der Waals surface area contributed by atoms with Crippen molar-refractivity contribution in [3.05, 3.63) is 65.9 Å². The summed E-state index contributed by atoms with van der Waals surface area (Å²) in [6.45, 7) is 1.45. The van der Waals surface area contributed by atoms with Crippen LogP contribution in [-0.2, 0) is 11.8 Å². The number of aromatic nitrogens is 3. The van der Waals surface area contributed by atoms with Crippen molar-refractivity contribution >= 4 is 11.6 Å². The third-order valence-corrected chi connectivity index (χ3v) is 5.37. The zero-order chi connectivity index (χ0) is 19.4. The van der Waals surface area contributed by atoms with Crippen molar-refractivity contribution in [3.63, 3.8) is 0 Å². The maximum atomic E-state index is 14.1. The molecule has 4 rings (SSSR count). The van der Waals surface area contributed by atoms with Crippen molar-refractivity contribution in [1.82, 2.24) is 25.2 Å². The topological polar surface area (TPSA) is 66.6 Å². The maximum absolute atomic E-state index is 14.1. The highest BCUT2D eigenvalue weighted by atomic mass is 19.1. The van der Waals surface area contributed by atoms with E-state index in [0.717, 1.165) is 55.2 Å². The van der Waals surface area contributed by atoms with Crippen LogP contribution < -0.4 is 10.6 Å². The molecule has 146 valence electrons. The van der Waals surface area contributed by atoms with Gasteiger partial charge in [-0.15, -0.1) is 10.2 Å². The Morgan fingerprint density at radius 1 is 1.14 bits per heavy atom. The molecule has 1 aromatic carbocycles. The molecule has 0 aliphatic heterocycles. The highest BCUT2D eigenvalue weighted by Gasteiger charge is 2.45. The molecule has 0 bridgehead atoms. The number of hydrogen-bond donors (Lipinski definition) is 2. The molecule has 0 atom stereocenters. The second-order valence-electron chi connectivity index (χ2n) is 7.26. The first-order valence-corrected chi connectivity index (χ1v) is 9.70. The van der Waals surface area contributed by atoms with Crippen LogP contribution in [0.15, 0.2) is 53.7 Å². The molecule has 6 nitrogen and oxygen atoms in total. The normalized spacial score (nSPS) is 15.6. The Kier molecular flexibility index (Phi) is 5.23. The molecule has 2 N–H and O–H groups in total. The monoisotopic (exact) mass is 380 g/mol. The van der Waals surface area contributed by atoms with Crippen molar-refractivity contribution in [1.29, 1.82) is 0 Å². The van der Waals surface area contributed by atoms with E-state index in [1.165, 1.54) is 6.07 Å². The zero-order valence-corrected chi connectivity index (χ0v) is 16.0. The van der Waals surface area contributed by atoms with Gasteiger partial charge in [-0.25, -0.2) is 4.39 Å². The van der Waals surface area contributed by atoms with E-state index >= 15 is 0 Å².